The molecule has 3 aromatic rings. The largest absolute Gasteiger partial charge is 0.347 e. The van der Waals surface area contributed by atoms with E-state index in [1.54, 1.807) is 18.5 Å². The van der Waals surface area contributed by atoms with Crippen molar-refractivity contribution in [2.24, 2.45) is 13.0 Å². The van der Waals surface area contributed by atoms with E-state index < -0.39 is 0 Å². The van der Waals surface area contributed by atoms with E-state index in [1.807, 2.05) is 17.8 Å². The molecule has 2 N–H and O–H groups in total. The summed E-state index contributed by atoms with van der Waals surface area (Å²) in [5.74, 6) is 1.47. The third kappa shape index (κ3) is 4.39. The van der Waals surface area contributed by atoms with Crippen molar-refractivity contribution in [3.8, 4) is 0 Å². The topological polar surface area (TPSA) is 80.5 Å². The molecule has 0 amide bonds. The number of aromatic nitrogens is 5. The number of benzene rings is 1. The van der Waals surface area contributed by atoms with Gasteiger partial charge in [-0.3, -0.25) is 0 Å². The van der Waals surface area contributed by atoms with E-state index in [1.165, 1.54) is 25.0 Å². The minimum Gasteiger partial charge on any atom is -0.347 e. The Bertz CT molecular complexity index is 938. The quantitative estimate of drug-likeness (QED) is 0.633. The maximum absolute atomic E-state index is 13.4. The highest BCUT2D eigenvalue weighted by molar-refractivity contribution is 6.28. The molecule has 1 atom stereocenters. The Hall–Kier alpha value is -2.74. The third-order valence-electron chi connectivity index (χ3n) is 4.94. The number of nitrogens with zero attached hydrogens (tertiary/aromatic N) is 5. The van der Waals surface area contributed by atoms with Crippen LogP contribution in [0.3, 0.4) is 0 Å². The second kappa shape index (κ2) is 8.10. The Balaban J connectivity index is 1.59. The maximum Gasteiger partial charge on any atom is 0.234 e. The number of anilines is 3. The minimum atomic E-state index is -0.251. The lowest BCUT2D eigenvalue weighted by atomic mass is 9.92. The zero-order valence-corrected chi connectivity index (χ0v) is 16.2. The van der Waals surface area contributed by atoms with Crippen LogP contribution in [0, 0.1) is 11.7 Å². The van der Waals surface area contributed by atoms with Crippen molar-refractivity contribution < 1.29 is 4.39 Å². The van der Waals surface area contributed by atoms with Crippen LogP contribution in [0.15, 0.2) is 36.8 Å². The Morgan fingerprint density at radius 2 is 1.82 bits per heavy atom. The van der Waals surface area contributed by atoms with Crippen molar-refractivity contribution in [3.05, 3.63) is 53.5 Å². The fraction of sp³-hybridized carbons (Fsp3) is 0.368. The molecule has 1 aromatic carbocycles. The zero-order valence-electron chi connectivity index (χ0n) is 15.4. The summed E-state index contributed by atoms with van der Waals surface area (Å²) in [6, 6.07) is 6.55. The molecule has 28 heavy (non-hydrogen) atoms. The molecule has 1 saturated carbocycles. The lowest BCUT2D eigenvalue weighted by Gasteiger charge is -2.25. The fourth-order valence-corrected chi connectivity index (χ4v) is 3.80. The summed E-state index contributed by atoms with van der Waals surface area (Å²) in [6.07, 6.45) is 8.07. The van der Waals surface area contributed by atoms with Gasteiger partial charge in [-0.1, -0.05) is 25.0 Å². The highest BCUT2D eigenvalue weighted by atomic mass is 35.5. The van der Waals surface area contributed by atoms with Crippen LogP contribution < -0.4 is 10.6 Å². The van der Waals surface area contributed by atoms with Gasteiger partial charge in [-0.25, -0.2) is 9.37 Å². The van der Waals surface area contributed by atoms with Crippen LogP contribution in [0.1, 0.15) is 37.3 Å². The second-order valence-electron chi connectivity index (χ2n) is 7.02. The first-order valence-corrected chi connectivity index (χ1v) is 9.63. The molecule has 2 heterocycles. The molecule has 0 radical (unpaired) electrons. The number of hydrogen-bond acceptors (Lipinski definition) is 6. The van der Waals surface area contributed by atoms with Crippen LogP contribution in [0.25, 0.3) is 0 Å². The smallest absolute Gasteiger partial charge is 0.234 e. The van der Waals surface area contributed by atoms with Gasteiger partial charge >= 0.3 is 0 Å². The summed E-state index contributed by atoms with van der Waals surface area (Å²) in [6.45, 7) is 0. The zero-order chi connectivity index (χ0) is 19.5. The molecule has 9 heteroatoms. The van der Waals surface area contributed by atoms with Crippen molar-refractivity contribution in [3.63, 3.8) is 0 Å². The molecule has 0 bridgehead atoms. The van der Waals surface area contributed by atoms with E-state index in [9.17, 15) is 4.39 Å². The van der Waals surface area contributed by atoms with E-state index in [0.29, 0.717) is 23.6 Å². The first-order valence-electron chi connectivity index (χ1n) is 9.25. The lowest BCUT2D eigenvalue weighted by Crippen LogP contribution is -2.21. The van der Waals surface area contributed by atoms with Gasteiger partial charge < -0.3 is 15.2 Å². The first kappa shape index (κ1) is 18.6. The van der Waals surface area contributed by atoms with Gasteiger partial charge in [0, 0.05) is 13.2 Å². The Morgan fingerprint density at radius 1 is 1.11 bits per heavy atom. The maximum atomic E-state index is 13.4. The van der Waals surface area contributed by atoms with Gasteiger partial charge in [0.2, 0.25) is 17.2 Å². The van der Waals surface area contributed by atoms with Crippen LogP contribution in [0.5, 0.6) is 0 Å². The van der Waals surface area contributed by atoms with Crippen LogP contribution in [-0.2, 0) is 7.05 Å². The predicted molar refractivity (Wildman–Crippen MR) is 106 cm³/mol. The van der Waals surface area contributed by atoms with E-state index in [0.717, 1.165) is 18.4 Å². The van der Waals surface area contributed by atoms with Gasteiger partial charge in [0.05, 0.1) is 12.4 Å². The van der Waals surface area contributed by atoms with Crippen molar-refractivity contribution in [2.75, 3.05) is 10.6 Å². The average Bonchev–Trinajstić information content (AvgIpc) is 3.32. The van der Waals surface area contributed by atoms with Crippen molar-refractivity contribution in [1.82, 2.24) is 24.5 Å². The summed E-state index contributed by atoms with van der Waals surface area (Å²) in [5.41, 5.74) is 1.00. The van der Waals surface area contributed by atoms with E-state index >= 15 is 0 Å². The SMILES string of the molecule is Cn1cnc(Nc2nc(Cl)nc(NC(c3ccc(F)cc3)C3CCCC3)n2)c1. The molecule has 0 spiro atoms. The number of halogens is 2. The van der Waals surface area contributed by atoms with Crippen molar-refractivity contribution in [1.29, 1.82) is 0 Å². The van der Waals surface area contributed by atoms with Gasteiger partial charge in [-0.2, -0.15) is 15.0 Å². The average molecular weight is 402 g/mol. The van der Waals surface area contributed by atoms with E-state index in [4.69, 9.17) is 11.6 Å². The lowest BCUT2D eigenvalue weighted by molar-refractivity contribution is 0.467. The van der Waals surface area contributed by atoms with Gasteiger partial charge in [0.1, 0.15) is 5.82 Å². The Labute approximate surface area is 167 Å². The number of hydrogen-bond donors (Lipinski definition) is 2. The van der Waals surface area contributed by atoms with Crippen LogP contribution in [0.4, 0.5) is 22.1 Å². The fourth-order valence-electron chi connectivity index (χ4n) is 3.64. The number of nitrogens with one attached hydrogen (secondary N) is 2. The van der Waals surface area contributed by atoms with Gasteiger partial charge in [0.15, 0.2) is 5.82 Å². The Kier molecular flexibility index (Phi) is 5.38. The van der Waals surface area contributed by atoms with Gasteiger partial charge in [0.25, 0.3) is 0 Å². The standard InChI is InChI=1S/C19H21ClFN7/c1-28-10-15(22-11-28)23-18-25-17(20)26-19(27-18)24-16(12-4-2-3-5-12)13-6-8-14(21)9-7-13/h6-12,16H,2-5H2,1H3,(H2,23,24,25,26,27). The molecule has 0 aliphatic heterocycles. The highest BCUT2D eigenvalue weighted by Gasteiger charge is 2.27. The Morgan fingerprint density at radius 3 is 2.50 bits per heavy atom. The molecule has 4 rings (SSSR count). The highest BCUT2D eigenvalue weighted by Crippen LogP contribution is 2.37. The second-order valence-corrected chi connectivity index (χ2v) is 7.36. The summed E-state index contributed by atoms with van der Waals surface area (Å²) >= 11 is 6.11. The molecule has 2 aromatic heterocycles. The molecule has 1 aliphatic rings. The molecule has 1 fully saturated rings. The number of aryl methyl sites for hydroxylation is 1. The molecular formula is C19H21ClFN7. The van der Waals surface area contributed by atoms with Gasteiger partial charge in [-0.15, -0.1) is 0 Å². The molecule has 146 valence electrons. The third-order valence-corrected chi connectivity index (χ3v) is 5.11. The monoisotopic (exact) mass is 401 g/mol. The normalized spacial score (nSPS) is 15.5. The summed E-state index contributed by atoms with van der Waals surface area (Å²) < 4.78 is 15.2. The summed E-state index contributed by atoms with van der Waals surface area (Å²) in [7, 11) is 1.88. The van der Waals surface area contributed by atoms with E-state index in [-0.39, 0.29) is 17.1 Å². The number of imidazole rings is 1. The predicted octanol–water partition coefficient (Wildman–Crippen LogP) is 4.48. The summed E-state index contributed by atoms with van der Waals surface area (Å²) in [4.78, 5) is 17.0. The van der Waals surface area contributed by atoms with Gasteiger partial charge in [-0.05, 0) is 48.1 Å². The first-order chi connectivity index (χ1) is 13.6. The summed E-state index contributed by atoms with van der Waals surface area (Å²) in [5, 5.41) is 6.51. The number of rotatable bonds is 6. The van der Waals surface area contributed by atoms with Crippen LogP contribution >= 0.6 is 11.6 Å². The molecule has 1 unspecified atom stereocenters. The van der Waals surface area contributed by atoms with Crippen molar-refractivity contribution in [2.45, 2.75) is 31.7 Å². The molecular weight excluding hydrogens is 381 g/mol. The van der Waals surface area contributed by atoms with Crippen LogP contribution in [-0.4, -0.2) is 24.5 Å². The molecule has 7 nitrogen and oxygen atoms in total. The molecule has 0 saturated heterocycles. The van der Waals surface area contributed by atoms with Crippen molar-refractivity contribution >= 4 is 29.3 Å². The van der Waals surface area contributed by atoms with E-state index in [2.05, 4.69) is 30.6 Å². The minimum absolute atomic E-state index is 0.0238. The van der Waals surface area contributed by atoms with Crippen LogP contribution in [0.2, 0.25) is 5.28 Å². The molecule has 1 aliphatic carbocycles.